The molecule has 0 aromatic heterocycles. The summed E-state index contributed by atoms with van der Waals surface area (Å²) in [4.78, 5) is 25.5. The molecule has 1 aliphatic heterocycles. The first-order valence-corrected chi connectivity index (χ1v) is 7.94. The van der Waals surface area contributed by atoms with E-state index in [0.29, 0.717) is 37.4 Å². The van der Waals surface area contributed by atoms with Crippen molar-refractivity contribution in [3.05, 3.63) is 34.9 Å². The number of carboxylic acids is 1. The Kier molecular flexibility index (Phi) is 5.12. The van der Waals surface area contributed by atoms with Crippen molar-refractivity contribution in [2.75, 3.05) is 13.1 Å². The topological polar surface area (TPSA) is 57.6 Å². The number of rotatable bonds is 4. The van der Waals surface area contributed by atoms with E-state index < -0.39 is 11.4 Å². The number of carbonyl (C=O) groups excluding carboxylic acids is 1. The smallest absolute Gasteiger partial charge is 0.306 e. The third-order valence-corrected chi connectivity index (χ3v) is 4.48. The molecule has 1 saturated heterocycles. The van der Waals surface area contributed by atoms with Gasteiger partial charge in [0.2, 0.25) is 5.91 Å². The van der Waals surface area contributed by atoms with Crippen LogP contribution < -0.4 is 0 Å². The Labute approximate surface area is 136 Å². The molecule has 1 aromatic rings. The van der Waals surface area contributed by atoms with Gasteiger partial charge in [-0.15, -0.1) is 0 Å². The van der Waals surface area contributed by atoms with Crippen LogP contribution in [0, 0.1) is 11.3 Å². The average Bonchev–Trinajstić information content (AvgIpc) is 2.46. The molecule has 1 aromatic carbocycles. The van der Waals surface area contributed by atoms with Crippen LogP contribution in [0.3, 0.4) is 0 Å². The fourth-order valence-electron chi connectivity index (χ4n) is 2.99. The van der Waals surface area contributed by atoms with Crippen LogP contribution in [0.2, 0.25) is 5.02 Å². The Morgan fingerprint density at radius 2 is 1.95 bits per heavy atom. The number of carboxylic acid groups (broad SMARTS) is 1. The quantitative estimate of drug-likeness (QED) is 0.925. The van der Waals surface area contributed by atoms with Gasteiger partial charge >= 0.3 is 5.97 Å². The lowest BCUT2D eigenvalue weighted by molar-refractivity contribution is -0.148. The van der Waals surface area contributed by atoms with Gasteiger partial charge in [0, 0.05) is 23.5 Å². The molecule has 0 bridgehead atoms. The largest absolute Gasteiger partial charge is 0.481 e. The monoisotopic (exact) mass is 323 g/mol. The predicted octanol–water partition coefficient (Wildman–Crippen LogP) is 3.23. The third-order valence-electron chi connectivity index (χ3n) is 4.25. The van der Waals surface area contributed by atoms with Gasteiger partial charge in [-0.25, -0.2) is 0 Å². The zero-order valence-corrected chi connectivity index (χ0v) is 13.8. The molecule has 0 atom stereocenters. The average molecular weight is 324 g/mol. The molecule has 0 unspecified atom stereocenters. The number of benzene rings is 1. The van der Waals surface area contributed by atoms with Crippen molar-refractivity contribution < 1.29 is 14.7 Å². The first-order valence-electron chi connectivity index (χ1n) is 7.56. The summed E-state index contributed by atoms with van der Waals surface area (Å²) in [6.07, 6.45) is 1.69. The number of hydrogen-bond donors (Lipinski definition) is 1. The Hall–Kier alpha value is -1.55. The number of halogens is 1. The van der Waals surface area contributed by atoms with Crippen LogP contribution >= 0.6 is 11.6 Å². The Bertz CT molecular complexity index is 563. The molecule has 5 heteroatoms. The molecule has 22 heavy (non-hydrogen) atoms. The van der Waals surface area contributed by atoms with E-state index in [-0.39, 0.29) is 11.8 Å². The first kappa shape index (κ1) is 16.8. The van der Waals surface area contributed by atoms with Crippen molar-refractivity contribution in [2.24, 2.45) is 11.3 Å². The van der Waals surface area contributed by atoms with Gasteiger partial charge in [0.1, 0.15) is 0 Å². The summed E-state index contributed by atoms with van der Waals surface area (Å²) < 4.78 is 0. The van der Waals surface area contributed by atoms with Gasteiger partial charge in [-0.1, -0.05) is 37.6 Å². The van der Waals surface area contributed by atoms with Crippen molar-refractivity contribution >= 4 is 23.5 Å². The van der Waals surface area contributed by atoms with Crippen molar-refractivity contribution in [1.29, 1.82) is 0 Å². The van der Waals surface area contributed by atoms with Crippen molar-refractivity contribution in [3.8, 4) is 0 Å². The van der Waals surface area contributed by atoms with Crippen LogP contribution in [0.25, 0.3) is 0 Å². The lowest BCUT2D eigenvalue weighted by Crippen LogP contribution is -2.46. The highest BCUT2D eigenvalue weighted by molar-refractivity contribution is 6.30. The number of likely N-dealkylation sites (tertiary alicyclic amines) is 1. The molecule has 4 nitrogen and oxygen atoms in total. The van der Waals surface area contributed by atoms with Crippen LogP contribution in [-0.2, 0) is 16.0 Å². The normalized spacial score (nSPS) is 16.6. The molecular weight excluding hydrogens is 302 g/mol. The molecule has 1 heterocycles. The van der Waals surface area contributed by atoms with Gasteiger partial charge in [-0.05, 0) is 37.0 Å². The van der Waals surface area contributed by atoms with Crippen molar-refractivity contribution in [2.45, 2.75) is 33.1 Å². The summed E-state index contributed by atoms with van der Waals surface area (Å²) in [6, 6.07) is 7.55. The van der Waals surface area contributed by atoms with Gasteiger partial charge in [0.15, 0.2) is 0 Å². The predicted molar refractivity (Wildman–Crippen MR) is 85.9 cm³/mol. The van der Waals surface area contributed by atoms with Crippen molar-refractivity contribution in [3.63, 3.8) is 0 Å². The van der Waals surface area contributed by atoms with Crippen LogP contribution in [0.4, 0.5) is 0 Å². The van der Waals surface area contributed by atoms with Gasteiger partial charge in [0.05, 0.1) is 5.92 Å². The van der Waals surface area contributed by atoms with Gasteiger partial charge in [-0.3, -0.25) is 9.59 Å². The van der Waals surface area contributed by atoms with Gasteiger partial charge in [-0.2, -0.15) is 0 Å². The second kappa shape index (κ2) is 6.69. The van der Waals surface area contributed by atoms with Gasteiger partial charge in [0.25, 0.3) is 0 Å². The molecule has 0 spiro atoms. The van der Waals surface area contributed by atoms with E-state index in [9.17, 15) is 9.59 Å². The minimum absolute atomic E-state index is 0.0799. The lowest BCUT2D eigenvalue weighted by Gasteiger charge is -2.36. The number of hydrogen-bond acceptors (Lipinski definition) is 2. The minimum Gasteiger partial charge on any atom is -0.481 e. The molecular formula is C17H22ClNO3. The Morgan fingerprint density at radius 3 is 2.50 bits per heavy atom. The van der Waals surface area contributed by atoms with E-state index in [1.165, 1.54) is 0 Å². The van der Waals surface area contributed by atoms with E-state index in [1.54, 1.807) is 4.90 Å². The summed E-state index contributed by atoms with van der Waals surface area (Å²) in [6.45, 7) is 4.91. The highest BCUT2D eigenvalue weighted by Gasteiger charge is 2.35. The summed E-state index contributed by atoms with van der Waals surface area (Å²) in [5, 5.41) is 9.70. The maximum Gasteiger partial charge on any atom is 0.306 e. The SMILES string of the molecule is CC(C)(Cc1cccc(Cl)c1)C(=O)N1CCC(C(=O)O)CC1. The molecule has 0 aliphatic carbocycles. The van der Waals surface area contributed by atoms with Gasteiger partial charge < -0.3 is 10.0 Å². The fourth-order valence-corrected chi connectivity index (χ4v) is 3.20. The van der Waals surface area contributed by atoms with Crippen LogP contribution in [-0.4, -0.2) is 35.0 Å². The number of piperidine rings is 1. The molecule has 0 radical (unpaired) electrons. The minimum atomic E-state index is -0.759. The number of amides is 1. The zero-order chi connectivity index (χ0) is 16.3. The maximum atomic E-state index is 12.7. The fraction of sp³-hybridized carbons (Fsp3) is 0.529. The highest BCUT2D eigenvalue weighted by atomic mass is 35.5. The van der Waals surface area contributed by atoms with E-state index in [4.69, 9.17) is 16.7 Å². The number of nitrogens with zero attached hydrogens (tertiary/aromatic N) is 1. The number of carbonyl (C=O) groups is 2. The summed E-state index contributed by atoms with van der Waals surface area (Å²) in [5.74, 6) is -0.998. The van der Waals surface area contributed by atoms with E-state index in [1.807, 2.05) is 38.1 Å². The second-order valence-electron chi connectivity index (χ2n) is 6.60. The highest BCUT2D eigenvalue weighted by Crippen LogP contribution is 2.28. The standard InChI is InChI=1S/C17H22ClNO3/c1-17(2,11-12-4-3-5-14(18)10-12)16(22)19-8-6-13(7-9-19)15(20)21/h3-5,10,13H,6-9,11H2,1-2H3,(H,20,21). The Balaban J connectivity index is 2.00. The van der Waals surface area contributed by atoms with Crippen LogP contribution in [0.15, 0.2) is 24.3 Å². The molecule has 1 amide bonds. The first-order chi connectivity index (χ1) is 10.3. The molecule has 1 N–H and O–H groups in total. The van der Waals surface area contributed by atoms with E-state index >= 15 is 0 Å². The summed E-state index contributed by atoms with van der Waals surface area (Å²) in [5.41, 5.74) is 0.507. The van der Waals surface area contributed by atoms with Crippen LogP contribution in [0.1, 0.15) is 32.3 Å². The summed E-state index contributed by atoms with van der Waals surface area (Å²) >= 11 is 6.00. The zero-order valence-electron chi connectivity index (χ0n) is 13.0. The third kappa shape index (κ3) is 4.01. The van der Waals surface area contributed by atoms with Crippen molar-refractivity contribution in [1.82, 2.24) is 4.90 Å². The molecule has 1 fully saturated rings. The molecule has 1 aliphatic rings. The maximum absolute atomic E-state index is 12.7. The van der Waals surface area contributed by atoms with Crippen LogP contribution in [0.5, 0.6) is 0 Å². The molecule has 2 rings (SSSR count). The lowest BCUT2D eigenvalue weighted by atomic mass is 9.83. The summed E-state index contributed by atoms with van der Waals surface area (Å²) in [7, 11) is 0. The second-order valence-corrected chi connectivity index (χ2v) is 7.03. The van der Waals surface area contributed by atoms with E-state index in [0.717, 1.165) is 5.56 Å². The molecule has 120 valence electrons. The van der Waals surface area contributed by atoms with E-state index in [2.05, 4.69) is 0 Å². The molecule has 0 saturated carbocycles. The number of aliphatic carboxylic acids is 1. The Morgan fingerprint density at radius 1 is 1.32 bits per heavy atom.